The van der Waals surface area contributed by atoms with E-state index in [4.69, 9.17) is 18.9 Å². The second kappa shape index (κ2) is 78.0. The van der Waals surface area contributed by atoms with Gasteiger partial charge in [0.1, 0.15) is 13.2 Å². The molecule has 9 heteroatoms. The Bertz CT molecular complexity index is 1520. The quantitative estimate of drug-likeness (QED) is 0.0256. The molecule has 0 bridgehead atoms. The molecule has 0 aromatic rings. The molecule has 0 heterocycles. The fraction of sp³-hybridized carbons (Fsp3) is 0.965. The van der Waals surface area contributed by atoms with E-state index in [2.05, 4.69) is 13.8 Å². The number of likely N-dealkylation sites (N-methyl/N-ethyl adjacent to an activating group) is 1. The lowest BCUT2D eigenvalue weighted by atomic mass is 10.0. The van der Waals surface area contributed by atoms with Gasteiger partial charge in [-0.05, 0) is 12.8 Å². The molecule has 0 fully saturated rings. The molecule has 9 nitrogen and oxygen atoms in total. The maximum absolute atomic E-state index is 13.0. The molecule has 2 unspecified atom stereocenters. The van der Waals surface area contributed by atoms with Crippen molar-refractivity contribution in [3.8, 4) is 0 Å². The molecule has 0 saturated heterocycles. The van der Waals surface area contributed by atoms with Crippen LogP contribution in [-0.4, -0.2) is 82.3 Å². The molecule has 95 heavy (non-hydrogen) atoms. The van der Waals surface area contributed by atoms with Crippen molar-refractivity contribution in [2.24, 2.45) is 0 Å². The van der Waals surface area contributed by atoms with Gasteiger partial charge in [0.05, 0.1) is 40.3 Å². The summed E-state index contributed by atoms with van der Waals surface area (Å²) in [5.41, 5.74) is 0. The number of esters is 2. The van der Waals surface area contributed by atoms with Gasteiger partial charge in [0.2, 0.25) is 0 Å². The van der Waals surface area contributed by atoms with Gasteiger partial charge in [0, 0.05) is 12.8 Å². The van der Waals surface area contributed by atoms with Gasteiger partial charge in [-0.1, -0.05) is 450 Å². The predicted molar refractivity (Wildman–Crippen MR) is 408 cm³/mol. The molecule has 0 N–H and O–H groups in total. The number of rotatable bonds is 83. The topological polar surface area (TPSA) is 111 Å². The zero-order valence-electron chi connectivity index (χ0n) is 65.1. The van der Waals surface area contributed by atoms with E-state index in [1.807, 2.05) is 21.1 Å². The Kier molecular flexibility index (Phi) is 76.6. The normalized spacial score (nSPS) is 12.5. The average Bonchev–Trinajstić information content (AvgIpc) is 3.75. The van der Waals surface area contributed by atoms with E-state index in [0.29, 0.717) is 17.4 Å². The van der Waals surface area contributed by atoms with Crippen molar-refractivity contribution in [2.75, 3.05) is 47.5 Å². The number of carbonyl (C=O) groups excluding carboxylic acids is 3. The predicted octanol–water partition coefficient (Wildman–Crippen LogP) is 26.4. The van der Waals surface area contributed by atoms with Gasteiger partial charge in [0.15, 0.2) is 12.4 Å². The molecular formula is C86H169NO8. The zero-order valence-corrected chi connectivity index (χ0v) is 65.1. The molecule has 0 aliphatic heterocycles. The van der Waals surface area contributed by atoms with Crippen LogP contribution in [0.3, 0.4) is 0 Å². The lowest BCUT2D eigenvalue weighted by molar-refractivity contribution is -0.870. The summed E-state index contributed by atoms with van der Waals surface area (Å²) in [6.45, 7) is 4.86. The number of hydrogen-bond donors (Lipinski definition) is 0. The van der Waals surface area contributed by atoms with Gasteiger partial charge >= 0.3 is 11.9 Å². The number of carboxylic acids is 1. The molecule has 0 rings (SSSR count). The summed E-state index contributed by atoms with van der Waals surface area (Å²) in [7, 11) is 5.96. The van der Waals surface area contributed by atoms with Crippen LogP contribution < -0.4 is 5.11 Å². The number of hydrogen-bond acceptors (Lipinski definition) is 8. The van der Waals surface area contributed by atoms with Crippen LogP contribution in [0.5, 0.6) is 0 Å². The molecule has 0 spiro atoms. The number of nitrogens with zero attached hydrogens (tertiary/aromatic N) is 1. The second-order valence-electron chi connectivity index (χ2n) is 31.2. The number of carbonyl (C=O) groups is 3. The Hall–Kier alpha value is -1.71. The lowest BCUT2D eigenvalue weighted by Gasteiger charge is -2.26. The smallest absolute Gasteiger partial charge is 0.306 e. The Morgan fingerprint density at radius 2 is 0.474 bits per heavy atom. The van der Waals surface area contributed by atoms with Gasteiger partial charge < -0.3 is 33.3 Å². The van der Waals surface area contributed by atoms with E-state index in [0.717, 1.165) is 38.5 Å². The number of ether oxygens (including phenoxy) is 4. The van der Waals surface area contributed by atoms with Crippen molar-refractivity contribution in [3.05, 3.63) is 0 Å². The van der Waals surface area contributed by atoms with E-state index >= 15 is 0 Å². The largest absolute Gasteiger partial charge is 0.545 e. The Balaban J connectivity index is 3.89. The molecule has 0 amide bonds. The van der Waals surface area contributed by atoms with Crippen molar-refractivity contribution in [1.82, 2.24) is 0 Å². The van der Waals surface area contributed by atoms with E-state index in [9.17, 15) is 19.5 Å². The summed E-state index contributed by atoms with van der Waals surface area (Å²) >= 11 is 0. The first-order chi connectivity index (χ1) is 46.6. The fourth-order valence-electron chi connectivity index (χ4n) is 13.8. The highest BCUT2D eigenvalue weighted by molar-refractivity contribution is 5.70. The first kappa shape index (κ1) is 93.3. The molecule has 0 aromatic carbocycles. The first-order valence-corrected chi connectivity index (χ1v) is 43.2. The number of quaternary nitrogens is 1. The summed E-state index contributed by atoms with van der Waals surface area (Å²) in [5, 5.41) is 11.9. The first-order valence-electron chi connectivity index (χ1n) is 43.2. The standard InChI is InChI=1S/C86H169NO8/c1-6-8-10-12-14-16-18-20-22-24-26-28-30-32-34-36-38-39-40-41-42-43-44-45-46-47-49-51-53-55-57-59-61-63-65-67-69-71-73-75-77-84(89)95-82(81-94-86(85(90)91)92-79-78-87(3,4)5)80-93-83(88)76-74-72-70-68-66-64-62-60-58-56-54-52-50-48-37-35-33-31-29-27-25-23-21-19-17-15-13-11-9-7-2/h82,86H,6-81H2,1-5H3. The van der Waals surface area contributed by atoms with Crippen LogP contribution in [0.2, 0.25) is 0 Å². The number of unbranched alkanes of at least 4 members (excludes halogenated alkanes) is 68. The molecule has 566 valence electrons. The third-order valence-corrected chi connectivity index (χ3v) is 20.4. The van der Waals surface area contributed by atoms with Crippen molar-refractivity contribution in [3.63, 3.8) is 0 Å². The van der Waals surface area contributed by atoms with E-state index in [1.165, 1.54) is 411 Å². The molecule has 0 saturated carbocycles. The van der Waals surface area contributed by atoms with Gasteiger partial charge in [0.25, 0.3) is 0 Å². The minimum absolute atomic E-state index is 0.154. The minimum atomic E-state index is -1.62. The van der Waals surface area contributed by atoms with Gasteiger partial charge in [-0.15, -0.1) is 0 Å². The van der Waals surface area contributed by atoms with Crippen LogP contribution in [0.1, 0.15) is 476 Å². The van der Waals surface area contributed by atoms with Crippen LogP contribution in [0.25, 0.3) is 0 Å². The van der Waals surface area contributed by atoms with E-state index < -0.39 is 24.3 Å². The van der Waals surface area contributed by atoms with E-state index in [1.54, 1.807) is 0 Å². The number of carboxylic acid groups (broad SMARTS) is 1. The Labute approximate surface area is 593 Å². The third kappa shape index (κ3) is 79.5. The maximum atomic E-state index is 13.0. The van der Waals surface area contributed by atoms with Crippen LogP contribution in [0, 0.1) is 0 Å². The van der Waals surface area contributed by atoms with Crippen molar-refractivity contribution in [2.45, 2.75) is 489 Å². The van der Waals surface area contributed by atoms with Crippen LogP contribution in [0.15, 0.2) is 0 Å². The molecule has 0 aromatic heterocycles. The Morgan fingerprint density at radius 3 is 0.674 bits per heavy atom. The van der Waals surface area contributed by atoms with E-state index in [-0.39, 0.29) is 32.2 Å². The highest BCUT2D eigenvalue weighted by Crippen LogP contribution is 2.21. The fourth-order valence-corrected chi connectivity index (χ4v) is 13.8. The van der Waals surface area contributed by atoms with Gasteiger partial charge in [-0.2, -0.15) is 0 Å². The molecule has 0 radical (unpaired) electrons. The van der Waals surface area contributed by atoms with Crippen molar-refractivity contribution >= 4 is 17.9 Å². The van der Waals surface area contributed by atoms with Gasteiger partial charge in [-0.3, -0.25) is 9.59 Å². The monoisotopic (exact) mass is 1340 g/mol. The summed E-state index contributed by atoms with van der Waals surface area (Å²) in [6, 6.07) is 0. The highest BCUT2D eigenvalue weighted by Gasteiger charge is 2.22. The molecule has 0 aliphatic carbocycles. The third-order valence-electron chi connectivity index (χ3n) is 20.4. The number of aliphatic carboxylic acids is 1. The van der Waals surface area contributed by atoms with Crippen LogP contribution >= 0.6 is 0 Å². The molecule has 0 aliphatic rings. The summed E-state index contributed by atoms with van der Waals surface area (Å²) in [4.78, 5) is 37.6. The van der Waals surface area contributed by atoms with Gasteiger partial charge in [-0.25, -0.2) is 0 Å². The van der Waals surface area contributed by atoms with Crippen molar-refractivity contribution in [1.29, 1.82) is 0 Å². The molecule has 2 atom stereocenters. The SMILES string of the molecule is CCCCCCCCCCCCCCCCCCCCCCCCCCCCCCCCCCCCCCCCCCC(=O)OC(COC(=O)CCCCCCCCCCCCCCCCCCCCCCCCCCCCCCCC)COC(OCC[N+](C)(C)C)C(=O)[O-]. The van der Waals surface area contributed by atoms with Crippen LogP contribution in [0.4, 0.5) is 0 Å². The maximum Gasteiger partial charge on any atom is 0.306 e. The van der Waals surface area contributed by atoms with Crippen LogP contribution in [-0.2, 0) is 33.3 Å². The Morgan fingerprint density at radius 1 is 0.274 bits per heavy atom. The van der Waals surface area contributed by atoms with Crippen molar-refractivity contribution < 1.29 is 42.9 Å². The summed E-state index contributed by atoms with van der Waals surface area (Å²) in [6.07, 6.45) is 94.2. The minimum Gasteiger partial charge on any atom is -0.545 e. The highest BCUT2D eigenvalue weighted by atomic mass is 16.7. The zero-order chi connectivity index (χ0) is 69.0. The average molecular weight is 1350 g/mol. The summed E-state index contributed by atoms with van der Waals surface area (Å²) in [5.74, 6) is -2.24. The second-order valence-corrected chi connectivity index (χ2v) is 31.2. The lowest BCUT2D eigenvalue weighted by Crippen LogP contribution is -2.44. The summed E-state index contributed by atoms with van der Waals surface area (Å²) < 4.78 is 22.9. The molecular weight excluding hydrogens is 1170 g/mol.